The van der Waals surface area contributed by atoms with Gasteiger partial charge in [-0.1, -0.05) is 91.0 Å². The Hall–Kier alpha value is -4.42. The van der Waals surface area contributed by atoms with Crippen LogP contribution in [-0.4, -0.2) is 59.6 Å². The maximum Gasteiger partial charge on any atom is 0.408 e. The van der Waals surface area contributed by atoms with Crippen molar-refractivity contribution in [2.24, 2.45) is 5.92 Å². The minimum atomic E-state index is -0.878. The van der Waals surface area contributed by atoms with Gasteiger partial charge in [-0.2, -0.15) is 0 Å². The predicted octanol–water partition coefficient (Wildman–Crippen LogP) is 6.95. The molecule has 0 spiro atoms. The number of fused-ring (bicyclic) bond motifs is 3. The van der Waals surface area contributed by atoms with Gasteiger partial charge in [0.15, 0.2) is 0 Å². The van der Waals surface area contributed by atoms with E-state index in [0.29, 0.717) is 18.1 Å². The molecule has 2 unspecified atom stereocenters. The third kappa shape index (κ3) is 6.09. The number of benzene rings is 4. The maximum atomic E-state index is 12.9. The van der Waals surface area contributed by atoms with Crippen LogP contribution in [0.2, 0.25) is 0 Å². The van der Waals surface area contributed by atoms with E-state index in [1.807, 2.05) is 78.9 Å². The molecule has 3 heterocycles. The molecule has 3 fully saturated rings. The molecule has 0 saturated carbocycles. The fourth-order valence-electron chi connectivity index (χ4n) is 6.52. The van der Waals surface area contributed by atoms with Gasteiger partial charge in [0.1, 0.15) is 12.0 Å². The standard InChI is InChI=1S/C36H36N2O4/c39-25-27-11-15-29(16-12-27)28-13-9-26(10-14-28)19-22-42-33-8-4-7-32(23-33)35(31-5-2-1-3-6-31)38(36(40)41)34-24-37-20-17-30(34)18-21-37/h1-16,23,25,30,34-35H,17-22,24H2,(H,40,41). The predicted molar refractivity (Wildman–Crippen MR) is 164 cm³/mol. The summed E-state index contributed by atoms with van der Waals surface area (Å²) in [5, 5.41) is 10.6. The minimum absolute atomic E-state index is 0.0364. The van der Waals surface area contributed by atoms with Gasteiger partial charge in [0.25, 0.3) is 0 Å². The lowest BCUT2D eigenvalue weighted by atomic mass is 9.81. The lowest BCUT2D eigenvalue weighted by molar-refractivity contribution is -0.000811. The number of ether oxygens (including phenoxy) is 1. The number of piperidine rings is 3. The molecule has 2 atom stereocenters. The number of amides is 1. The number of hydrogen-bond acceptors (Lipinski definition) is 4. The molecule has 214 valence electrons. The van der Waals surface area contributed by atoms with E-state index < -0.39 is 12.1 Å². The first-order valence-corrected chi connectivity index (χ1v) is 14.7. The minimum Gasteiger partial charge on any atom is -0.493 e. The zero-order valence-corrected chi connectivity index (χ0v) is 23.6. The molecular weight excluding hydrogens is 524 g/mol. The van der Waals surface area contributed by atoms with Crippen molar-refractivity contribution in [2.75, 3.05) is 26.2 Å². The molecule has 0 aromatic heterocycles. The second-order valence-corrected chi connectivity index (χ2v) is 11.3. The first-order chi connectivity index (χ1) is 20.6. The highest BCUT2D eigenvalue weighted by atomic mass is 16.5. The zero-order valence-electron chi connectivity index (χ0n) is 23.6. The van der Waals surface area contributed by atoms with E-state index in [2.05, 4.69) is 29.2 Å². The van der Waals surface area contributed by atoms with Crippen LogP contribution in [0, 0.1) is 5.92 Å². The van der Waals surface area contributed by atoms with E-state index in [-0.39, 0.29) is 6.04 Å². The lowest BCUT2D eigenvalue weighted by Gasteiger charge is -2.50. The van der Waals surface area contributed by atoms with Gasteiger partial charge in [-0.15, -0.1) is 0 Å². The molecule has 1 N–H and O–H groups in total. The van der Waals surface area contributed by atoms with Crippen LogP contribution in [0.5, 0.6) is 5.75 Å². The number of carboxylic acid groups (broad SMARTS) is 1. The Labute approximate surface area is 247 Å². The molecule has 4 aromatic rings. The van der Waals surface area contributed by atoms with Crippen LogP contribution in [0.25, 0.3) is 11.1 Å². The number of carbonyl (C=O) groups is 2. The van der Waals surface area contributed by atoms with Crippen LogP contribution in [0.4, 0.5) is 4.79 Å². The molecular formula is C36H36N2O4. The van der Waals surface area contributed by atoms with Gasteiger partial charge < -0.3 is 14.7 Å². The average Bonchev–Trinajstić information content (AvgIpc) is 3.05. The average molecular weight is 561 g/mol. The van der Waals surface area contributed by atoms with E-state index in [1.165, 1.54) is 5.56 Å². The molecule has 1 amide bonds. The first kappa shape index (κ1) is 27.7. The number of hydrogen-bond donors (Lipinski definition) is 1. The Kier molecular flexibility index (Phi) is 8.33. The number of nitrogens with zero attached hydrogens (tertiary/aromatic N) is 2. The quantitative estimate of drug-likeness (QED) is 0.213. The van der Waals surface area contributed by atoms with Crippen molar-refractivity contribution >= 4 is 12.4 Å². The van der Waals surface area contributed by atoms with Crippen LogP contribution in [-0.2, 0) is 6.42 Å². The molecule has 6 heteroatoms. The Morgan fingerprint density at radius 1 is 0.881 bits per heavy atom. The molecule has 0 radical (unpaired) electrons. The summed E-state index contributed by atoms with van der Waals surface area (Å²) < 4.78 is 6.20. The van der Waals surface area contributed by atoms with Crippen molar-refractivity contribution in [3.8, 4) is 16.9 Å². The summed E-state index contributed by atoms with van der Waals surface area (Å²) >= 11 is 0. The van der Waals surface area contributed by atoms with Gasteiger partial charge in [0, 0.05) is 18.5 Å². The van der Waals surface area contributed by atoms with Crippen LogP contribution >= 0.6 is 0 Å². The molecule has 4 aromatic carbocycles. The zero-order chi connectivity index (χ0) is 28.9. The van der Waals surface area contributed by atoms with Crippen LogP contribution in [0.1, 0.15) is 45.9 Å². The second kappa shape index (κ2) is 12.6. The van der Waals surface area contributed by atoms with E-state index in [9.17, 15) is 14.7 Å². The van der Waals surface area contributed by atoms with Gasteiger partial charge >= 0.3 is 6.09 Å². The maximum absolute atomic E-state index is 12.9. The van der Waals surface area contributed by atoms with Gasteiger partial charge in [0.05, 0.1) is 18.7 Å². The summed E-state index contributed by atoms with van der Waals surface area (Å²) in [6.45, 7) is 3.42. The normalized spacial score (nSPS) is 20.0. The molecule has 7 rings (SSSR count). The topological polar surface area (TPSA) is 70.1 Å². The Morgan fingerprint density at radius 3 is 2.17 bits per heavy atom. The summed E-state index contributed by atoms with van der Waals surface area (Å²) in [6.07, 6.45) is 2.82. The molecule has 2 bridgehead atoms. The molecule has 0 aliphatic carbocycles. The van der Waals surface area contributed by atoms with Crippen molar-refractivity contribution in [3.63, 3.8) is 0 Å². The molecule has 3 aliphatic rings. The molecule has 6 nitrogen and oxygen atoms in total. The van der Waals surface area contributed by atoms with Gasteiger partial charge in [-0.25, -0.2) is 4.79 Å². The molecule has 3 aliphatic heterocycles. The summed E-state index contributed by atoms with van der Waals surface area (Å²) in [7, 11) is 0. The highest BCUT2D eigenvalue weighted by Crippen LogP contribution is 2.39. The fourth-order valence-corrected chi connectivity index (χ4v) is 6.52. The third-order valence-corrected chi connectivity index (χ3v) is 8.76. The SMILES string of the molecule is O=Cc1ccc(-c2ccc(CCOc3cccc(C(c4ccccc4)N(C(=O)O)C4CN5CCC4CC5)c3)cc2)cc1. The largest absolute Gasteiger partial charge is 0.493 e. The summed E-state index contributed by atoms with van der Waals surface area (Å²) in [5.41, 5.74) is 5.89. The van der Waals surface area contributed by atoms with E-state index >= 15 is 0 Å². The number of carbonyl (C=O) groups excluding carboxylic acids is 1. The first-order valence-electron chi connectivity index (χ1n) is 14.7. The third-order valence-electron chi connectivity index (χ3n) is 8.76. The van der Waals surface area contributed by atoms with Gasteiger partial charge in [0.2, 0.25) is 0 Å². The fraction of sp³-hybridized carbons (Fsp3) is 0.278. The second-order valence-electron chi connectivity index (χ2n) is 11.3. The smallest absolute Gasteiger partial charge is 0.408 e. The summed E-state index contributed by atoms with van der Waals surface area (Å²) in [4.78, 5) is 27.9. The van der Waals surface area contributed by atoms with Crippen molar-refractivity contribution in [3.05, 3.63) is 125 Å². The molecule has 3 saturated heterocycles. The van der Waals surface area contributed by atoms with Crippen molar-refractivity contribution < 1.29 is 19.4 Å². The summed E-state index contributed by atoms with van der Waals surface area (Å²) in [6, 6.07) is 33.4. The van der Waals surface area contributed by atoms with E-state index in [4.69, 9.17) is 4.74 Å². The van der Waals surface area contributed by atoms with Crippen molar-refractivity contribution in [2.45, 2.75) is 31.3 Å². The van der Waals surface area contributed by atoms with Crippen LogP contribution in [0.3, 0.4) is 0 Å². The Morgan fingerprint density at radius 2 is 1.55 bits per heavy atom. The highest BCUT2D eigenvalue weighted by molar-refractivity contribution is 5.77. The van der Waals surface area contributed by atoms with Gasteiger partial charge in [-0.05, 0) is 71.8 Å². The Bertz CT molecular complexity index is 1500. The van der Waals surface area contributed by atoms with Crippen molar-refractivity contribution in [1.29, 1.82) is 0 Å². The summed E-state index contributed by atoms with van der Waals surface area (Å²) in [5.74, 6) is 1.12. The van der Waals surface area contributed by atoms with Crippen LogP contribution in [0.15, 0.2) is 103 Å². The van der Waals surface area contributed by atoms with E-state index in [1.54, 1.807) is 4.90 Å². The van der Waals surface area contributed by atoms with Gasteiger partial charge in [-0.3, -0.25) is 9.69 Å². The molecule has 42 heavy (non-hydrogen) atoms. The monoisotopic (exact) mass is 560 g/mol. The van der Waals surface area contributed by atoms with Crippen LogP contribution < -0.4 is 4.74 Å². The number of aldehydes is 1. The highest BCUT2D eigenvalue weighted by Gasteiger charge is 2.43. The number of rotatable bonds is 10. The Balaban J connectivity index is 1.17. The lowest BCUT2D eigenvalue weighted by Crippen LogP contribution is -2.59. The van der Waals surface area contributed by atoms with Crippen molar-refractivity contribution in [1.82, 2.24) is 9.80 Å². The van der Waals surface area contributed by atoms with E-state index in [0.717, 1.165) is 73.2 Å².